The van der Waals surface area contributed by atoms with Crippen LogP contribution in [0.4, 0.5) is 23.7 Å². The number of anilines is 1. The van der Waals surface area contributed by atoms with Crippen LogP contribution in [-0.4, -0.2) is 41.4 Å². The van der Waals surface area contributed by atoms with Crippen LogP contribution in [0.3, 0.4) is 0 Å². The fourth-order valence-corrected chi connectivity index (χ4v) is 5.85. The maximum Gasteiger partial charge on any atom is 0.417 e. The number of rotatable bonds is 9. The number of benzene rings is 2. The third-order valence-electron chi connectivity index (χ3n) is 6.44. The predicted octanol–water partition coefficient (Wildman–Crippen LogP) is 8.09. The van der Waals surface area contributed by atoms with E-state index in [1.165, 1.54) is 6.07 Å². The van der Waals surface area contributed by atoms with Crippen molar-refractivity contribution in [3.05, 3.63) is 58.9 Å². The van der Waals surface area contributed by atoms with Crippen molar-refractivity contribution in [1.29, 1.82) is 0 Å². The minimum absolute atomic E-state index is 0.0518. The Hall–Kier alpha value is -3.05. The smallest absolute Gasteiger partial charge is 0.417 e. The van der Waals surface area contributed by atoms with Gasteiger partial charge in [0.2, 0.25) is 0 Å². The number of piperidine rings is 1. The highest BCUT2D eigenvalue weighted by molar-refractivity contribution is 7.99. The van der Waals surface area contributed by atoms with Crippen molar-refractivity contribution in [1.82, 2.24) is 4.90 Å². The summed E-state index contributed by atoms with van der Waals surface area (Å²) in [6, 6.07) is 9.37. The van der Waals surface area contributed by atoms with Crippen molar-refractivity contribution < 1.29 is 22.7 Å². The maximum atomic E-state index is 14.2. The van der Waals surface area contributed by atoms with E-state index in [0.29, 0.717) is 31.0 Å². The van der Waals surface area contributed by atoms with E-state index in [2.05, 4.69) is 10.3 Å². The normalized spacial score (nSPS) is 15.0. The first kappa shape index (κ1) is 33.5. The summed E-state index contributed by atoms with van der Waals surface area (Å²) in [5.74, 6) is 1.30. The number of allylic oxidation sites excluding steroid dienone is 1. The van der Waals surface area contributed by atoms with Gasteiger partial charge < -0.3 is 26.4 Å². The standard InChI is InChI=1S/C30H39ClF3N5O2S/c1-5-6-7-25(38-27(35)36)37-21-16-23(30(32,33)34)26(24(31)17-21)20-8-10-22(11-9-20)42-18-19-12-14-39(15-13-19)28(40)41-29(2,3)4/h7-11,16-17,19,37H,5-6,12-15,18H2,1-4H3,(H4,35,36,38)/b25-7+. The van der Waals surface area contributed by atoms with E-state index in [0.717, 1.165) is 36.0 Å². The van der Waals surface area contributed by atoms with Gasteiger partial charge in [-0.15, -0.1) is 11.8 Å². The summed E-state index contributed by atoms with van der Waals surface area (Å²) in [6.07, 6.45) is -0.0571. The molecule has 1 aliphatic heterocycles. The van der Waals surface area contributed by atoms with Crippen LogP contribution in [0.15, 0.2) is 58.2 Å². The molecule has 42 heavy (non-hydrogen) atoms. The summed E-state index contributed by atoms with van der Waals surface area (Å²) in [5, 5.41) is 2.80. The minimum atomic E-state index is -4.65. The molecule has 2 aromatic rings. The number of guanidine groups is 1. The SMILES string of the molecule is CCC/C=C(/N=C(N)N)Nc1cc(Cl)c(-c2ccc(SCC3CCN(C(=O)OC(C)(C)C)CC3)cc2)c(C(F)(F)F)c1. The number of halogens is 4. The van der Waals surface area contributed by atoms with Crippen LogP contribution >= 0.6 is 23.4 Å². The molecular weight excluding hydrogens is 587 g/mol. The van der Waals surface area contributed by atoms with Gasteiger partial charge in [0, 0.05) is 35.0 Å². The number of likely N-dealkylation sites (tertiary alicyclic amines) is 1. The molecule has 7 nitrogen and oxygen atoms in total. The molecule has 230 valence electrons. The molecule has 0 aromatic heterocycles. The molecule has 1 amide bonds. The van der Waals surface area contributed by atoms with Gasteiger partial charge in [0.1, 0.15) is 11.4 Å². The van der Waals surface area contributed by atoms with Crippen molar-refractivity contribution >= 4 is 41.1 Å². The zero-order valence-corrected chi connectivity index (χ0v) is 25.9. The maximum absolute atomic E-state index is 14.2. The Kier molecular flexibility index (Phi) is 11.5. The number of carbonyl (C=O) groups excluding carboxylic acids is 1. The number of alkyl halides is 3. The van der Waals surface area contributed by atoms with Gasteiger partial charge in [-0.1, -0.05) is 37.1 Å². The summed E-state index contributed by atoms with van der Waals surface area (Å²) in [6.45, 7) is 8.79. The lowest BCUT2D eigenvalue weighted by atomic mass is 9.98. The quantitative estimate of drug-likeness (QED) is 0.148. The third kappa shape index (κ3) is 10.0. The highest BCUT2D eigenvalue weighted by Gasteiger charge is 2.35. The monoisotopic (exact) mass is 625 g/mol. The Morgan fingerprint density at radius 3 is 2.36 bits per heavy atom. The molecule has 2 aromatic carbocycles. The fraction of sp³-hybridized carbons (Fsp3) is 0.467. The second-order valence-electron chi connectivity index (χ2n) is 11.2. The lowest BCUT2D eigenvalue weighted by molar-refractivity contribution is -0.137. The van der Waals surface area contributed by atoms with E-state index >= 15 is 0 Å². The molecule has 1 aliphatic rings. The van der Waals surface area contributed by atoms with Crippen LogP contribution in [0.1, 0.15) is 58.9 Å². The Balaban J connectivity index is 1.71. The van der Waals surface area contributed by atoms with Gasteiger partial charge in [-0.2, -0.15) is 18.2 Å². The first-order valence-electron chi connectivity index (χ1n) is 13.8. The zero-order valence-electron chi connectivity index (χ0n) is 24.4. The predicted molar refractivity (Wildman–Crippen MR) is 166 cm³/mol. The van der Waals surface area contributed by atoms with Crippen molar-refractivity contribution in [2.45, 2.75) is 70.1 Å². The molecule has 0 spiro atoms. The molecule has 1 fully saturated rings. The average molecular weight is 626 g/mol. The molecule has 0 bridgehead atoms. The third-order valence-corrected chi connectivity index (χ3v) is 7.98. The van der Waals surface area contributed by atoms with E-state index in [9.17, 15) is 18.0 Å². The van der Waals surface area contributed by atoms with Crippen LogP contribution in [-0.2, 0) is 10.9 Å². The number of hydrogen-bond donors (Lipinski definition) is 3. The Morgan fingerprint density at radius 1 is 1.17 bits per heavy atom. The largest absolute Gasteiger partial charge is 0.444 e. The summed E-state index contributed by atoms with van der Waals surface area (Å²) < 4.78 is 48.1. The Labute approximate surface area is 254 Å². The highest BCUT2D eigenvalue weighted by atomic mass is 35.5. The van der Waals surface area contributed by atoms with Crippen molar-refractivity contribution in [2.24, 2.45) is 22.4 Å². The fourth-order valence-electron chi connectivity index (χ4n) is 4.43. The Bertz CT molecular complexity index is 1280. The van der Waals surface area contributed by atoms with Crippen LogP contribution in [0.2, 0.25) is 5.02 Å². The molecular formula is C30H39ClF3N5O2S. The van der Waals surface area contributed by atoms with Gasteiger partial charge in [-0.05, 0) is 81.9 Å². The van der Waals surface area contributed by atoms with Gasteiger partial charge in [0.15, 0.2) is 5.96 Å². The number of thioether (sulfide) groups is 1. The van der Waals surface area contributed by atoms with E-state index in [1.807, 2.05) is 39.8 Å². The topological polar surface area (TPSA) is 106 Å². The number of ether oxygens (including phenoxy) is 1. The van der Waals surface area contributed by atoms with Crippen molar-refractivity contribution in [3.8, 4) is 11.1 Å². The van der Waals surface area contributed by atoms with Gasteiger partial charge in [-0.25, -0.2) is 4.79 Å². The molecule has 3 rings (SSSR count). The average Bonchev–Trinajstić information content (AvgIpc) is 2.89. The van der Waals surface area contributed by atoms with Crippen molar-refractivity contribution in [2.75, 3.05) is 24.2 Å². The second kappa shape index (κ2) is 14.4. The van der Waals surface area contributed by atoms with Gasteiger partial charge in [0.05, 0.1) is 10.6 Å². The highest BCUT2D eigenvalue weighted by Crippen LogP contribution is 2.43. The van der Waals surface area contributed by atoms with Crippen LogP contribution < -0.4 is 16.8 Å². The summed E-state index contributed by atoms with van der Waals surface area (Å²) in [7, 11) is 0. The molecule has 12 heteroatoms. The van der Waals surface area contributed by atoms with Gasteiger partial charge >= 0.3 is 12.3 Å². The molecule has 0 saturated carbocycles. The first-order valence-corrected chi connectivity index (χ1v) is 15.2. The van der Waals surface area contributed by atoms with Gasteiger partial charge in [-0.3, -0.25) is 0 Å². The van der Waals surface area contributed by atoms with E-state index < -0.39 is 17.3 Å². The number of carbonyl (C=O) groups is 1. The molecule has 1 heterocycles. The number of nitrogens with one attached hydrogen (secondary N) is 1. The summed E-state index contributed by atoms with van der Waals surface area (Å²) in [5.41, 5.74) is 9.95. The van der Waals surface area contributed by atoms with Crippen LogP contribution in [0.5, 0.6) is 0 Å². The van der Waals surface area contributed by atoms with E-state index in [1.54, 1.807) is 34.9 Å². The number of amides is 1. The Morgan fingerprint density at radius 2 is 1.81 bits per heavy atom. The molecule has 0 radical (unpaired) electrons. The number of unbranched alkanes of at least 4 members (excludes halogenated alkanes) is 1. The second-order valence-corrected chi connectivity index (χ2v) is 12.7. The lowest BCUT2D eigenvalue weighted by Gasteiger charge is -2.33. The molecule has 5 N–H and O–H groups in total. The summed E-state index contributed by atoms with van der Waals surface area (Å²) >= 11 is 8.10. The number of nitrogens with two attached hydrogens (primary N) is 2. The van der Waals surface area contributed by atoms with E-state index in [-0.39, 0.29) is 34.1 Å². The first-order chi connectivity index (χ1) is 19.7. The zero-order chi connectivity index (χ0) is 31.1. The van der Waals surface area contributed by atoms with Gasteiger partial charge in [0.25, 0.3) is 0 Å². The van der Waals surface area contributed by atoms with E-state index in [4.69, 9.17) is 27.8 Å². The number of aliphatic imine (C=N–C) groups is 1. The molecule has 0 aliphatic carbocycles. The molecule has 0 atom stereocenters. The summed E-state index contributed by atoms with van der Waals surface area (Å²) in [4.78, 5) is 19.0. The van der Waals surface area contributed by atoms with Crippen LogP contribution in [0, 0.1) is 5.92 Å². The lowest BCUT2D eigenvalue weighted by Crippen LogP contribution is -2.42. The number of nitrogens with zero attached hydrogens (tertiary/aromatic N) is 2. The van der Waals surface area contributed by atoms with Crippen LogP contribution in [0.25, 0.3) is 11.1 Å². The molecule has 1 saturated heterocycles. The number of hydrogen-bond acceptors (Lipinski definition) is 5. The minimum Gasteiger partial charge on any atom is -0.444 e. The molecule has 0 unspecified atom stereocenters. The van der Waals surface area contributed by atoms with Crippen molar-refractivity contribution in [3.63, 3.8) is 0 Å².